The lowest BCUT2D eigenvalue weighted by Gasteiger charge is -2.11. The quantitative estimate of drug-likeness (QED) is 0.585. The van der Waals surface area contributed by atoms with Crippen LogP contribution >= 0.6 is 22.9 Å². The molecule has 2 atom stereocenters. The summed E-state index contributed by atoms with van der Waals surface area (Å²) in [5, 5.41) is 8.10. The van der Waals surface area contributed by atoms with Crippen LogP contribution in [0.1, 0.15) is 41.6 Å². The van der Waals surface area contributed by atoms with Crippen molar-refractivity contribution < 1.29 is 4.39 Å². The molecule has 2 aromatic rings. The van der Waals surface area contributed by atoms with E-state index in [4.69, 9.17) is 11.6 Å². The van der Waals surface area contributed by atoms with Crippen LogP contribution in [-0.2, 0) is 13.0 Å². The van der Waals surface area contributed by atoms with Crippen LogP contribution in [0.5, 0.6) is 0 Å². The number of hydrogen-bond acceptors (Lipinski definition) is 3. The van der Waals surface area contributed by atoms with Crippen LogP contribution in [0.2, 0.25) is 5.02 Å². The molecule has 1 aliphatic rings. The van der Waals surface area contributed by atoms with E-state index in [1.807, 2.05) is 13.1 Å². The number of nitrogens with one attached hydrogen (secondary N) is 2. The van der Waals surface area contributed by atoms with E-state index >= 15 is 0 Å². The topological polar surface area (TPSA) is 49.3 Å². The molecule has 0 amide bonds. The van der Waals surface area contributed by atoms with Gasteiger partial charge in [-0.25, -0.2) is 14.4 Å². The number of aliphatic imine (C=N–C) groups is 1. The van der Waals surface area contributed by atoms with Crippen molar-refractivity contribution in [1.82, 2.24) is 15.6 Å². The Labute approximate surface area is 156 Å². The van der Waals surface area contributed by atoms with Gasteiger partial charge >= 0.3 is 0 Å². The average molecular weight is 381 g/mol. The first-order valence-corrected chi connectivity index (χ1v) is 9.74. The Bertz CT molecular complexity index is 741. The zero-order valence-corrected chi connectivity index (χ0v) is 15.9. The molecule has 25 heavy (non-hydrogen) atoms. The van der Waals surface area contributed by atoms with E-state index in [1.165, 1.54) is 10.9 Å². The minimum absolute atomic E-state index is 0.0871. The number of benzene rings is 1. The molecule has 1 saturated carbocycles. The molecule has 1 heterocycles. The predicted molar refractivity (Wildman–Crippen MR) is 102 cm³/mol. The highest BCUT2D eigenvalue weighted by atomic mass is 35.5. The maximum atomic E-state index is 14.0. The average Bonchev–Trinajstić information content (AvgIpc) is 3.17. The van der Waals surface area contributed by atoms with E-state index in [0.29, 0.717) is 17.1 Å². The van der Waals surface area contributed by atoms with Crippen LogP contribution in [-0.4, -0.2) is 23.5 Å². The summed E-state index contributed by atoms with van der Waals surface area (Å²) in [6, 6.07) is 4.98. The number of aromatic nitrogens is 1. The van der Waals surface area contributed by atoms with Gasteiger partial charge in [-0.05, 0) is 31.9 Å². The summed E-state index contributed by atoms with van der Waals surface area (Å²) in [4.78, 5) is 10.3. The number of aryl methyl sites for hydroxylation is 1. The molecule has 0 saturated heterocycles. The number of hydrogen-bond donors (Lipinski definition) is 2. The summed E-state index contributed by atoms with van der Waals surface area (Å²) in [7, 11) is 0. The predicted octanol–water partition coefficient (Wildman–Crippen LogP) is 4.11. The zero-order valence-electron chi connectivity index (χ0n) is 14.4. The fourth-order valence-electron chi connectivity index (χ4n) is 2.77. The van der Waals surface area contributed by atoms with Gasteiger partial charge in [-0.15, -0.1) is 11.3 Å². The Morgan fingerprint density at radius 3 is 2.96 bits per heavy atom. The standard InChI is InChI=1S/C18H22ClFN4S/c1-3-11-9-22-16(25-11)10-23-18(21-4-2)24-15-8-12(15)17-13(19)6-5-7-14(17)20/h5-7,9,12,15H,3-4,8,10H2,1-2H3,(H2,21,23,24). The Morgan fingerprint density at radius 1 is 1.44 bits per heavy atom. The summed E-state index contributed by atoms with van der Waals surface area (Å²) < 4.78 is 14.0. The van der Waals surface area contributed by atoms with Crippen molar-refractivity contribution in [3.63, 3.8) is 0 Å². The van der Waals surface area contributed by atoms with Gasteiger partial charge in [0.1, 0.15) is 10.8 Å². The number of nitrogens with zero attached hydrogens (tertiary/aromatic N) is 2. The molecule has 3 rings (SSSR count). The number of thiazole rings is 1. The van der Waals surface area contributed by atoms with Crippen LogP contribution in [0.15, 0.2) is 29.4 Å². The lowest BCUT2D eigenvalue weighted by molar-refractivity contribution is 0.608. The fraction of sp³-hybridized carbons (Fsp3) is 0.444. The van der Waals surface area contributed by atoms with Gasteiger partial charge in [0.05, 0.1) is 6.54 Å². The monoisotopic (exact) mass is 380 g/mol. The van der Waals surface area contributed by atoms with Crippen molar-refractivity contribution in [3.8, 4) is 0 Å². The number of rotatable bonds is 6. The third kappa shape index (κ3) is 4.50. The Morgan fingerprint density at radius 2 is 2.28 bits per heavy atom. The molecule has 0 bridgehead atoms. The van der Waals surface area contributed by atoms with Crippen molar-refractivity contribution in [2.24, 2.45) is 4.99 Å². The van der Waals surface area contributed by atoms with Gasteiger partial charge in [0.15, 0.2) is 5.96 Å². The van der Waals surface area contributed by atoms with E-state index in [0.717, 1.165) is 30.4 Å². The van der Waals surface area contributed by atoms with Crippen molar-refractivity contribution in [3.05, 3.63) is 50.7 Å². The molecule has 134 valence electrons. The van der Waals surface area contributed by atoms with E-state index in [9.17, 15) is 4.39 Å². The maximum absolute atomic E-state index is 14.0. The lowest BCUT2D eigenvalue weighted by atomic mass is 10.1. The summed E-state index contributed by atoms with van der Waals surface area (Å²) in [5.74, 6) is 0.582. The van der Waals surface area contributed by atoms with Gasteiger partial charge in [0, 0.05) is 40.2 Å². The molecule has 0 aliphatic heterocycles. The van der Waals surface area contributed by atoms with Gasteiger partial charge in [-0.3, -0.25) is 0 Å². The van der Waals surface area contributed by atoms with Crippen molar-refractivity contribution in [2.75, 3.05) is 6.54 Å². The van der Waals surface area contributed by atoms with Gasteiger partial charge < -0.3 is 10.6 Å². The van der Waals surface area contributed by atoms with Crippen LogP contribution in [0.4, 0.5) is 4.39 Å². The molecule has 2 N–H and O–H groups in total. The molecule has 7 heteroatoms. The second kappa shape index (κ2) is 8.15. The largest absolute Gasteiger partial charge is 0.357 e. The minimum atomic E-state index is -0.237. The summed E-state index contributed by atoms with van der Waals surface area (Å²) >= 11 is 7.85. The second-order valence-corrected chi connectivity index (χ2v) is 7.60. The molecule has 0 radical (unpaired) electrons. The van der Waals surface area contributed by atoms with Gasteiger partial charge in [-0.2, -0.15) is 0 Å². The van der Waals surface area contributed by atoms with Crippen LogP contribution in [0, 0.1) is 5.82 Å². The van der Waals surface area contributed by atoms with Crippen molar-refractivity contribution in [2.45, 2.75) is 45.2 Å². The number of halogens is 2. The third-order valence-corrected chi connectivity index (χ3v) is 5.61. The van der Waals surface area contributed by atoms with Gasteiger partial charge in [0.2, 0.25) is 0 Å². The molecule has 1 aromatic carbocycles. The second-order valence-electron chi connectivity index (χ2n) is 6.00. The third-order valence-electron chi connectivity index (χ3n) is 4.15. The number of guanidine groups is 1. The molecule has 1 aliphatic carbocycles. The zero-order chi connectivity index (χ0) is 17.8. The van der Waals surface area contributed by atoms with E-state index in [-0.39, 0.29) is 17.8 Å². The van der Waals surface area contributed by atoms with Crippen LogP contribution in [0.25, 0.3) is 0 Å². The fourth-order valence-corrected chi connectivity index (χ4v) is 3.86. The first kappa shape index (κ1) is 18.1. The molecule has 0 spiro atoms. The summed E-state index contributed by atoms with van der Waals surface area (Å²) in [5.41, 5.74) is 0.602. The molecular weight excluding hydrogens is 359 g/mol. The van der Waals surface area contributed by atoms with Crippen LogP contribution in [0.3, 0.4) is 0 Å². The van der Waals surface area contributed by atoms with E-state index in [1.54, 1.807) is 23.5 Å². The first-order valence-electron chi connectivity index (χ1n) is 8.54. The van der Waals surface area contributed by atoms with Gasteiger partial charge in [-0.1, -0.05) is 24.6 Å². The normalized spacial score (nSPS) is 19.8. The van der Waals surface area contributed by atoms with Crippen molar-refractivity contribution in [1.29, 1.82) is 0 Å². The van der Waals surface area contributed by atoms with Gasteiger partial charge in [0.25, 0.3) is 0 Å². The van der Waals surface area contributed by atoms with Crippen LogP contribution < -0.4 is 10.6 Å². The summed E-state index contributed by atoms with van der Waals surface area (Å²) in [6.07, 6.45) is 3.75. The molecule has 1 fully saturated rings. The lowest BCUT2D eigenvalue weighted by Crippen LogP contribution is -2.39. The summed E-state index contributed by atoms with van der Waals surface area (Å²) in [6.45, 7) is 5.45. The molecule has 4 nitrogen and oxygen atoms in total. The SMILES string of the molecule is CCNC(=NCc1ncc(CC)s1)NC1CC1c1c(F)cccc1Cl. The molecule has 1 aromatic heterocycles. The minimum Gasteiger partial charge on any atom is -0.357 e. The van der Waals surface area contributed by atoms with Crippen molar-refractivity contribution >= 4 is 28.9 Å². The highest BCUT2D eigenvalue weighted by molar-refractivity contribution is 7.11. The first-order chi connectivity index (χ1) is 12.1. The maximum Gasteiger partial charge on any atom is 0.191 e. The Balaban J connectivity index is 1.64. The smallest absolute Gasteiger partial charge is 0.191 e. The Kier molecular flexibility index (Phi) is 5.91. The highest BCUT2D eigenvalue weighted by Gasteiger charge is 2.41. The van der Waals surface area contributed by atoms with E-state index in [2.05, 4.69) is 27.5 Å². The Hall–Kier alpha value is -1.66. The van der Waals surface area contributed by atoms with E-state index < -0.39 is 0 Å². The molecular formula is C18H22ClFN4S. The molecule has 2 unspecified atom stereocenters. The highest BCUT2D eigenvalue weighted by Crippen LogP contribution is 2.44.